The second-order valence-corrected chi connectivity index (χ2v) is 4.63. The van der Waals surface area contributed by atoms with Gasteiger partial charge in [-0.1, -0.05) is 30.3 Å². The lowest BCUT2D eigenvalue weighted by Gasteiger charge is -2.17. The van der Waals surface area contributed by atoms with E-state index >= 15 is 0 Å². The molecular weight excluding hydrogens is 276 g/mol. The van der Waals surface area contributed by atoms with Crippen LogP contribution in [0.5, 0.6) is 0 Å². The first-order valence-electron chi connectivity index (χ1n) is 6.44. The predicted octanol–water partition coefficient (Wildman–Crippen LogP) is -0.00940. The number of amides is 1. The van der Waals surface area contributed by atoms with Gasteiger partial charge in [0.25, 0.3) is 0 Å². The monoisotopic (exact) mass is 294 g/mol. The van der Waals surface area contributed by atoms with Crippen LogP contribution in [0.2, 0.25) is 0 Å². The molecule has 1 aromatic rings. The molecule has 7 nitrogen and oxygen atoms in total. The molecule has 7 heteroatoms. The first-order chi connectivity index (χ1) is 9.90. The van der Waals surface area contributed by atoms with Gasteiger partial charge in [-0.3, -0.25) is 9.59 Å². The Hall–Kier alpha value is -2.41. The fourth-order valence-electron chi connectivity index (χ4n) is 1.77. The molecule has 114 valence electrons. The van der Waals surface area contributed by atoms with Crippen molar-refractivity contribution in [2.24, 2.45) is 5.73 Å². The second kappa shape index (κ2) is 8.01. The standard InChI is InChI=1S/C14H18N2O5/c15-10(8-12(17)18)13(19)16-11(14(20)21)7-6-9-4-2-1-3-5-9/h1-5,10-11H,6-8,15H2,(H,16,19)(H,17,18)(H,20,21). The Kier molecular flexibility index (Phi) is 6.35. The topological polar surface area (TPSA) is 130 Å². The van der Waals surface area contributed by atoms with E-state index in [-0.39, 0.29) is 6.42 Å². The molecule has 21 heavy (non-hydrogen) atoms. The van der Waals surface area contributed by atoms with Gasteiger partial charge in [-0.05, 0) is 18.4 Å². The molecule has 0 aliphatic rings. The van der Waals surface area contributed by atoms with Crippen molar-refractivity contribution in [3.8, 4) is 0 Å². The lowest BCUT2D eigenvalue weighted by molar-refractivity contribution is -0.142. The summed E-state index contributed by atoms with van der Waals surface area (Å²) in [4.78, 5) is 33.2. The molecule has 0 fully saturated rings. The summed E-state index contributed by atoms with van der Waals surface area (Å²) in [6, 6.07) is 6.89. The number of aliphatic carboxylic acids is 2. The number of carbonyl (C=O) groups excluding carboxylic acids is 1. The fraction of sp³-hybridized carbons (Fsp3) is 0.357. The summed E-state index contributed by atoms with van der Waals surface area (Å²) in [7, 11) is 0. The molecule has 0 aromatic heterocycles. The van der Waals surface area contributed by atoms with Crippen LogP contribution >= 0.6 is 0 Å². The largest absolute Gasteiger partial charge is 0.481 e. The van der Waals surface area contributed by atoms with Crippen LogP contribution in [0.3, 0.4) is 0 Å². The predicted molar refractivity (Wildman–Crippen MR) is 74.6 cm³/mol. The number of nitrogens with two attached hydrogens (primary N) is 1. The number of hydrogen-bond acceptors (Lipinski definition) is 4. The van der Waals surface area contributed by atoms with Gasteiger partial charge in [0.05, 0.1) is 12.5 Å². The molecule has 0 heterocycles. The summed E-state index contributed by atoms with van der Waals surface area (Å²) in [5.41, 5.74) is 6.34. The lowest BCUT2D eigenvalue weighted by Crippen LogP contribution is -2.49. The van der Waals surface area contributed by atoms with E-state index in [1.54, 1.807) is 0 Å². The van der Waals surface area contributed by atoms with Crippen LogP contribution < -0.4 is 11.1 Å². The SMILES string of the molecule is NC(CC(=O)O)C(=O)NC(CCc1ccccc1)C(=O)O. The molecule has 0 saturated carbocycles. The molecule has 0 radical (unpaired) electrons. The first-order valence-corrected chi connectivity index (χ1v) is 6.44. The highest BCUT2D eigenvalue weighted by molar-refractivity contribution is 5.89. The van der Waals surface area contributed by atoms with E-state index in [2.05, 4.69) is 5.32 Å². The molecule has 1 amide bonds. The fourth-order valence-corrected chi connectivity index (χ4v) is 1.77. The molecule has 0 spiro atoms. The summed E-state index contributed by atoms with van der Waals surface area (Å²) in [6.07, 6.45) is 0.133. The molecular formula is C14H18N2O5. The zero-order valence-corrected chi connectivity index (χ0v) is 11.4. The van der Waals surface area contributed by atoms with Gasteiger partial charge in [-0.15, -0.1) is 0 Å². The van der Waals surface area contributed by atoms with Crippen LogP contribution in [0.25, 0.3) is 0 Å². The van der Waals surface area contributed by atoms with Crippen molar-refractivity contribution in [2.45, 2.75) is 31.3 Å². The van der Waals surface area contributed by atoms with Gasteiger partial charge in [-0.2, -0.15) is 0 Å². The van der Waals surface area contributed by atoms with Crippen LogP contribution in [0.4, 0.5) is 0 Å². The maximum Gasteiger partial charge on any atom is 0.326 e. The Bertz CT molecular complexity index is 503. The van der Waals surface area contributed by atoms with E-state index in [4.69, 9.17) is 15.9 Å². The van der Waals surface area contributed by atoms with E-state index in [9.17, 15) is 14.4 Å². The van der Waals surface area contributed by atoms with E-state index in [0.717, 1.165) is 5.56 Å². The van der Waals surface area contributed by atoms with Gasteiger partial charge in [0.2, 0.25) is 5.91 Å². The Morgan fingerprint density at radius 1 is 1.14 bits per heavy atom. The molecule has 5 N–H and O–H groups in total. The molecule has 0 bridgehead atoms. The van der Waals surface area contributed by atoms with Crippen molar-refractivity contribution in [1.82, 2.24) is 5.32 Å². The van der Waals surface area contributed by atoms with Crippen molar-refractivity contribution < 1.29 is 24.6 Å². The van der Waals surface area contributed by atoms with E-state index in [1.165, 1.54) is 0 Å². The third kappa shape index (κ3) is 6.05. The molecule has 2 unspecified atom stereocenters. The number of carboxylic acid groups (broad SMARTS) is 2. The average Bonchev–Trinajstić information content (AvgIpc) is 2.43. The van der Waals surface area contributed by atoms with E-state index < -0.39 is 36.4 Å². The lowest BCUT2D eigenvalue weighted by atomic mass is 10.0. The van der Waals surface area contributed by atoms with Crippen LogP contribution in [0.15, 0.2) is 30.3 Å². The number of nitrogens with one attached hydrogen (secondary N) is 1. The first kappa shape index (κ1) is 16.6. The second-order valence-electron chi connectivity index (χ2n) is 4.63. The summed E-state index contributed by atoms with van der Waals surface area (Å²) in [6.45, 7) is 0. The van der Waals surface area contributed by atoms with Crippen molar-refractivity contribution in [2.75, 3.05) is 0 Å². The number of carboxylic acids is 2. The van der Waals surface area contributed by atoms with Crippen molar-refractivity contribution in [1.29, 1.82) is 0 Å². The van der Waals surface area contributed by atoms with E-state index in [1.807, 2.05) is 30.3 Å². The quantitative estimate of drug-likeness (QED) is 0.533. The minimum absolute atomic E-state index is 0.199. The maximum absolute atomic E-state index is 11.6. The van der Waals surface area contributed by atoms with Gasteiger partial charge in [0.15, 0.2) is 0 Å². The Labute approximate surface area is 121 Å². The Morgan fingerprint density at radius 2 is 1.76 bits per heavy atom. The minimum Gasteiger partial charge on any atom is -0.481 e. The number of benzene rings is 1. The van der Waals surface area contributed by atoms with Gasteiger partial charge in [0, 0.05) is 0 Å². The van der Waals surface area contributed by atoms with Crippen molar-refractivity contribution >= 4 is 17.8 Å². The van der Waals surface area contributed by atoms with Crippen molar-refractivity contribution in [3.05, 3.63) is 35.9 Å². The van der Waals surface area contributed by atoms with Crippen LogP contribution in [0.1, 0.15) is 18.4 Å². The highest BCUT2D eigenvalue weighted by Gasteiger charge is 2.24. The third-order valence-corrected chi connectivity index (χ3v) is 2.91. The van der Waals surface area contributed by atoms with Crippen LogP contribution in [-0.4, -0.2) is 40.1 Å². The summed E-state index contributed by atoms with van der Waals surface area (Å²) in [5, 5.41) is 19.9. The highest BCUT2D eigenvalue weighted by Crippen LogP contribution is 2.06. The van der Waals surface area contributed by atoms with Crippen molar-refractivity contribution in [3.63, 3.8) is 0 Å². The summed E-state index contributed by atoms with van der Waals surface area (Å²) < 4.78 is 0. The Balaban J connectivity index is 2.55. The average molecular weight is 294 g/mol. The molecule has 0 aliphatic heterocycles. The molecule has 1 aromatic carbocycles. The van der Waals surface area contributed by atoms with Gasteiger partial charge < -0.3 is 21.3 Å². The number of carbonyl (C=O) groups is 3. The van der Waals surface area contributed by atoms with Crippen LogP contribution in [0, 0.1) is 0 Å². The third-order valence-electron chi connectivity index (χ3n) is 2.91. The zero-order valence-electron chi connectivity index (χ0n) is 11.4. The molecule has 0 aliphatic carbocycles. The summed E-state index contributed by atoms with van der Waals surface area (Å²) >= 11 is 0. The summed E-state index contributed by atoms with van der Waals surface area (Å²) in [5.74, 6) is -3.17. The number of rotatable bonds is 8. The molecule has 1 rings (SSSR count). The highest BCUT2D eigenvalue weighted by atomic mass is 16.4. The Morgan fingerprint density at radius 3 is 2.29 bits per heavy atom. The van der Waals surface area contributed by atoms with E-state index in [0.29, 0.717) is 6.42 Å². The van der Waals surface area contributed by atoms with Gasteiger partial charge in [-0.25, -0.2) is 4.79 Å². The van der Waals surface area contributed by atoms with Gasteiger partial charge in [0.1, 0.15) is 6.04 Å². The van der Waals surface area contributed by atoms with Gasteiger partial charge >= 0.3 is 11.9 Å². The molecule has 0 saturated heterocycles. The van der Waals surface area contributed by atoms with Crippen LogP contribution in [-0.2, 0) is 20.8 Å². The zero-order chi connectivity index (χ0) is 15.8. The normalized spacial score (nSPS) is 13.2. The molecule has 2 atom stereocenters. The number of hydrogen-bond donors (Lipinski definition) is 4. The minimum atomic E-state index is -1.26. The maximum atomic E-state index is 11.6. The number of aryl methyl sites for hydroxylation is 1. The smallest absolute Gasteiger partial charge is 0.326 e.